The summed E-state index contributed by atoms with van der Waals surface area (Å²) in [5.74, 6) is -0.336. The SMILES string of the molecule is O=C(N[C@@H](Cc1ccccc1)C(=O)NC1C(=O)N2CCS(=O)C12)OCc1ccccc1. The maximum Gasteiger partial charge on any atom is 0.408 e. The predicted molar refractivity (Wildman–Crippen MR) is 114 cm³/mol. The number of alkyl carbamates (subject to hydrolysis) is 1. The molecule has 2 aliphatic heterocycles. The summed E-state index contributed by atoms with van der Waals surface area (Å²) in [6.07, 6.45) is -0.503. The molecule has 162 valence electrons. The standard InChI is InChI=1S/C22H23N3O5S/c26-19(24-18-20(27)25-11-12-31(29)21(18)25)17(13-15-7-3-1-4-8-15)23-22(28)30-14-16-9-5-2-6-10-16/h1-10,17-18,21H,11-14H2,(H,23,28)(H,24,26)/t17-,18?,21?,31?/m0/s1. The topological polar surface area (TPSA) is 105 Å². The Bertz CT molecular complexity index is 985. The van der Waals surface area contributed by atoms with Crippen LogP contribution in [0.3, 0.4) is 0 Å². The molecule has 4 atom stereocenters. The molecule has 31 heavy (non-hydrogen) atoms. The Kier molecular flexibility index (Phi) is 6.31. The number of carbonyl (C=O) groups excluding carboxylic acids is 3. The molecule has 8 nitrogen and oxygen atoms in total. The van der Waals surface area contributed by atoms with Crippen molar-refractivity contribution < 1.29 is 23.3 Å². The Morgan fingerprint density at radius 2 is 1.71 bits per heavy atom. The number of amides is 3. The first-order chi connectivity index (χ1) is 15.0. The molecule has 3 amide bonds. The smallest absolute Gasteiger partial charge is 0.408 e. The fourth-order valence-corrected chi connectivity index (χ4v) is 5.32. The third-order valence-electron chi connectivity index (χ3n) is 5.35. The van der Waals surface area contributed by atoms with Gasteiger partial charge in [-0.25, -0.2) is 4.79 Å². The van der Waals surface area contributed by atoms with Crippen LogP contribution >= 0.6 is 0 Å². The summed E-state index contributed by atoms with van der Waals surface area (Å²) in [4.78, 5) is 39.1. The molecule has 2 saturated heterocycles. The van der Waals surface area contributed by atoms with E-state index in [0.717, 1.165) is 11.1 Å². The van der Waals surface area contributed by atoms with Crippen LogP contribution in [0.25, 0.3) is 0 Å². The number of rotatable bonds is 7. The summed E-state index contributed by atoms with van der Waals surface area (Å²) in [7, 11) is -1.19. The minimum atomic E-state index is -1.19. The first-order valence-corrected chi connectivity index (χ1v) is 11.4. The zero-order chi connectivity index (χ0) is 21.8. The predicted octanol–water partition coefficient (Wildman–Crippen LogP) is 0.940. The van der Waals surface area contributed by atoms with Crippen LogP contribution in [-0.2, 0) is 38.2 Å². The zero-order valence-corrected chi connectivity index (χ0v) is 17.5. The maximum atomic E-state index is 13.0. The molecule has 0 saturated carbocycles. The van der Waals surface area contributed by atoms with E-state index in [-0.39, 0.29) is 18.9 Å². The Morgan fingerprint density at radius 1 is 1.06 bits per heavy atom. The molecule has 2 N–H and O–H groups in total. The second kappa shape index (κ2) is 9.30. The summed E-state index contributed by atoms with van der Waals surface area (Å²) in [5, 5.41) is 4.79. The minimum absolute atomic E-state index is 0.0729. The largest absolute Gasteiger partial charge is 0.445 e. The fraction of sp³-hybridized carbons (Fsp3) is 0.318. The number of hydrogen-bond acceptors (Lipinski definition) is 5. The molecule has 4 rings (SSSR count). The average Bonchev–Trinajstić information content (AvgIpc) is 3.14. The summed E-state index contributed by atoms with van der Waals surface area (Å²) >= 11 is 0. The van der Waals surface area contributed by atoms with Crippen LogP contribution in [0, 0.1) is 0 Å². The van der Waals surface area contributed by atoms with E-state index in [1.54, 1.807) is 0 Å². The Hall–Kier alpha value is -3.20. The van der Waals surface area contributed by atoms with Gasteiger partial charge in [-0.2, -0.15) is 0 Å². The van der Waals surface area contributed by atoms with Crippen molar-refractivity contribution in [2.24, 2.45) is 0 Å². The molecule has 2 aliphatic rings. The van der Waals surface area contributed by atoms with Crippen LogP contribution in [0.5, 0.6) is 0 Å². The van der Waals surface area contributed by atoms with Crippen LogP contribution in [-0.4, -0.2) is 56.8 Å². The van der Waals surface area contributed by atoms with E-state index in [1.807, 2.05) is 60.7 Å². The van der Waals surface area contributed by atoms with Crippen LogP contribution in [0.4, 0.5) is 4.79 Å². The first-order valence-electron chi connectivity index (χ1n) is 10.0. The Morgan fingerprint density at radius 3 is 2.39 bits per heavy atom. The molecule has 0 aromatic heterocycles. The van der Waals surface area contributed by atoms with Gasteiger partial charge in [-0.3, -0.25) is 13.8 Å². The van der Waals surface area contributed by atoms with Crippen molar-refractivity contribution in [3.05, 3.63) is 71.8 Å². The number of nitrogens with one attached hydrogen (secondary N) is 2. The van der Waals surface area contributed by atoms with Crippen molar-refractivity contribution in [3.63, 3.8) is 0 Å². The lowest BCUT2D eigenvalue weighted by atomic mass is 10.0. The molecule has 2 aromatic rings. The first kappa shape index (κ1) is 21.0. The third-order valence-corrected chi connectivity index (χ3v) is 7.00. The molecule has 3 unspecified atom stereocenters. The van der Waals surface area contributed by atoms with Gasteiger partial charge in [0, 0.05) is 29.5 Å². The van der Waals surface area contributed by atoms with Crippen molar-refractivity contribution in [2.75, 3.05) is 12.3 Å². The molecule has 0 aliphatic carbocycles. The van der Waals surface area contributed by atoms with Crippen LogP contribution in [0.15, 0.2) is 60.7 Å². The zero-order valence-electron chi connectivity index (χ0n) is 16.7. The van der Waals surface area contributed by atoms with Crippen molar-refractivity contribution in [1.82, 2.24) is 15.5 Å². The average molecular weight is 442 g/mol. The third kappa shape index (κ3) is 4.77. The Balaban J connectivity index is 1.41. The molecule has 0 bridgehead atoms. The van der Waals surface area contributed by atoms with Crippen molar-refractivity contribution in [3.8, 4) is 0 Å². The molecule has 2 aromatic carbocycles. The fourth-order valence-electron chi connectivity index (χ4n) is 3.72. The van der Waals surface area contributed by atoms with Crippen LogP contribution in [0.2, 0.25) is 0 Å². The van der Waals surface area contributed by atoms with Gasteiger partial charge in [0.05, 0.1) is 0 Å². The molecular formula is C22H23N3O5S. The quantitative estimate of drug-likeness (QED) is 0.623. The number of fused-ring (bicyclic) bond motifs is 1. The monoisotopic (exact) mass is 441 g/mol. The highest BCUT2D eigenvalue weighted by Gasteiger charge is 2.55. The summed E-state index contributed by atoms with van der Waals surface area (Å²) in [6, 6.07) is 16.7. The van der Waals surface area contributed by atoms with E-state index in [2.05, 4.69) is 10.6 Å². The van der Waals surface area contributed by atoms with Gasteiger partial charge in [-0.1, -0.05) is 60.7 Å². The van der Waals surface area contributed by atoms with Gasteiger partial charge in [-0.05, 0) is 11.1 Å². The summed E-state index contributed by atoms with van der Waals surface area (Å²) in [6.45, 7) is 0.517. The normalized spacial score (nSPS) is 22.8. The van der Waals surface area contributed by atoms with Gasteiger partial charge in [0.1, 0.15) is 24.1 Å². The summed E-state index contributed by atoms with van der Waals surface area (Å²) < 4.78 is 17.4. The Labute approximate surface area is 182 Å². The molecule has 0 radical (unpaired) electrons. The van der Waals surface area contributed by atoms with Crippen molar-refractivity contribution in [1.29, 1.82) is 0 Å². The van der Waals surface area contributed by atoms with Crippen molar-refractivity contribution in [2.45, 2.75) is 30.5 Å². The van der Waals surface area contributed by atoms with E-state index in [0.29, 0.717) is 12.3 Å². The summed E-state index contributed by atoms with van der Waals surface area (Å²) in [5.41, 5.74) is 1.67. The van der Waals surface area contributed by atoms with Crippen molar-refractivity contribution >= 4 is 28.7 Å². The van der Waals surface area contributed by atoms with Gasteiger partial charge in [0.2, 0.25) is 11.8 Å². The van der Waals surface area contributed by atoms with Crippen LogP contribution in [0.1, 0.15) is 11.1 Å². The van der Waals surface area contributed by atoms with E-state index in [9.17, 15) is 18.6 Å². The highest BCUT2D eigenvalue weighted by atomic mass is 32.2. The van der Waals surface area contributed by atoms with E-state index < -0.39 is 40.3 Å². The number of benzene rings is 2. The van der Waals surface area contributed by atoms with Crippen LogP contribution < -0.4 is 10.6 Å². The minimum Gasteiger partial charge on any atom is -0.445 e. The second-order valence-electron chi connectivity index (χ2n) is 7.44. The van der Waals surface area contributed by atoms with Gasteiger partial charge in [0.25, 0.3) is 0 Å². The number of ether oxygens (including phenoxy) is 1. The number of carbonyl (C=O) groups is 3. The van der Waals surface area contributed by atoms with Gasteiger partial charge < -0.3 is 20.3 Å². The lowest BCUT2D eigenvalue weighted by Gasteiger charge is -2.41. The number of hydrogen-bond donors (Lipinski definition) is 2. The molecule has 2 fully saturated rings. The number of nitrogens with zero attached hydrogens (tertiary/aromatic N) is 1. The second-order valence-corrected chi connectivity index (χ2v) is 9.09. The molecule has 2 heterocycles. The lowest BCUT2D eigenvalue weighted by molar-refractivity contribution is -0.147. The maximum absolute atomic E-state index is 13.0. The van der Waals surface area contributed by atoms with E-state index in [4.69, 9.17) is 4.74 Å². The lowest BCUT2D eigenvalue weighted by Crippen LogP contribution is -2.70. The van der Waals surface area contributed by atoms with E-state index in [1.165, 1.54) is 4.90 Å². The highest BCUT2D eigenvalue weighted by molar-refractivity contribution is 7.86. The number of β-lactam (4-membered cyclic amide) rings is 1. The van der Waals surface area contributed by atoms with E-state index >= 15 is 0 Å². The van der Waals surface area contributed by atoms with Gasteiger partial charge in [0.15, 0.2) is 0 Å². The molecule has 9 heteroatoms. The molecular weight excluding hydrogens is 418 g/mol. The highest BCUT2D eigenvalue weighted by Crippen LogP contribution is 2.28. The molecule has 0 spiro atoms. The van der Waals surface area contributed by atoms with Gasteiger partial charge in [-0.15, -0.1) is 0 Å². The van der Waals surface area contributed by atoms with Gasteiger partial charge >= 0.3 is 6.09 Å².